The van der Waals surface area contributed by atoms with Crippen LogP contribution in [-0.4, -0.2) is 28.2 Å². The molecule has 1 N–H and O–H groups in total. The lowest BCUT2D eigenvalue weighted by atomic mass is 9.73. The van der Waals surface area contributed by atoms with Crippen molar-refractivity contribution < 1.29 is 13.9 Å². The molecule has 1 heterocycles. The lowest BCUT2D eigenvalue weighted by Crippen LogP contribution is -2.62. The van der Waals surface area contributed by atoms with E-state index in [1.807, 2.05) is 19.1 Å². The smallest absolute Gasteiger partial charge is 0.126 e. The van der Waals surface area contributed by atoms with Gasteiger partial charge in [-0.15, -0.1) is 0 Å². The molecule has 1 aliphatic rings. The Balaban J connectivity index is 1.85. The summed E-state index contributed by atoms with van der Waals surface area (Å²) in [7, 11) is 0. The maximum absolute atomic E-state index is 13.7. The van der Waals surface area contributed by atoms with Gasteiger partial charge >= 0.3 is 0 Å². The van der Waals surface area contributed by atoms with Crippen LogP contribution in [0.25, 0.3) is 0 Å². The second-order valence-corrected chi connectivity index (χ2v) is 8.84. The van der Waals surface area contributed by atoms with E-state index in [0.29, 0.717) is 10.6 Å². The SMILES string of the molecule is CCCCC(c1ccc(Cl)cc1)N1CCC1C(C)(O)C(C)c1cc(F)cc(F)c1. The monoisotopic (exact) mass is 421 g/mol. The van der Waals surface area contributed by atoms with Crippen LogP contribution >= 0.6 is 11.6 Å². The summed E-state index contributed by atoms with van der Waals surface area (Å²) in [6.07, 6.45) is 4.03. The number of unbranched alkanes of at least 4 members (excludes halogenated alkanes) is 1. The molecule has 0 spiro atoms. The number of likely N-dealkylation sites (tertiary alicyclic amines) is 1. The molecule has 1 aliphatic heterocycles. The summed E-state index contributed by atoms with van der Waals surface area (Å²) in [5, 5.41) is 12.2. The molecule has 1 saturated heterocycles. The molecule has 29 heavy (non-hydrogen) atoms. The first-order valence-corrected chi connectivity index (χ1v) is 10.8. The highest BCUT2D eigenvalue weighted by Gasteiger charge is 2.48. The van der Waals surface area contributed by atoms with Gasteiger partial charge < -0.3 is 5.11 Å². The highest BCUT2D eigenvalue weighted by Crippen LogP contribution is 2.43. The fourth-order valence-corrected chi connectivity index (χ4v) is 4.59. The maximum Gasteiger partial charge on any atom is 0.126 e. The Morgan fingerprint density at radius 2 is 1.76 bits per heavy atom. The highest BCUT2D eigenvalue weighted by atomic mass is 35.5. The summed E-state index contributed by atoms with van der Waals surface area (Å²) in [6.45, 7) is 6.69. The average molecular weight is 422 g/mol. The van der Waals surface area contributed by atoms with E-state index in [-0.39, 0.29) is 12.1 Å². The topological polar surface area (TPSA) is 23.5 Å². The molecule has 2 aromatic rings. The first-order chi connectivity index (χ1) is 13.7. The van der Waals surface area contributed by atoms with Crippen molar-refractivity contribution in [3.63, 3.8) is 0 Å². The van der Waals surface area contributed by atoms with Crippen LogP contribution < -0.4 is 0 Å². The van der Waals surface area contributed by atoms with Crippen molar-refractivity contribution in [2.45, 2.75) is 70.1 Å². The Morgan fingerprint density at radius 1 is 1.14 bits per heavy atom. The summed E-state index contributed by atoms with van der Waals surface area (Å²) in [5.74, 6) is -1.64. The zero-order chi connectivity index (χ0) is 21.2. The summed E-state index contributed by atoms with van der Waals surface area (Å²) >= 11 is 6.07. The van der Waals surface area contributed by atoms with Gasteiger partial charge in [0, 0.05) is 35.6 Å². The third kappa shape index (κ3) is 4.82. The molecule has 0 aromatic heterocycles. The fourth-order valence-electron chi connectivity index (χ4n) is 4.47. The summed E-state index contributed by atoms with van der Waals surface area (Å²) < 4.78 is 27.5. The van der Waals surface area contributed by atoms with Gasteiger partial charge in [-0.25, -0.2) is 8.78 Å². The van der Waals surface area contributed by atoms with Gasteiger partial charge in [-0.2, -0.15) is 0 Å². The van der Waals surface area contributed by atoms with E-state index >= 15 is 0 Å². The average Bonchev–Trinajstić information content (AvgIpc) is 2.63. The largest absolute Gasteiger partial charge is 0.388 e. The molecule has 3 rings (SSSR count). The molecular formula is C24H30ClF2NO. The lowest BCUT2D eigenvalue weighted by Gasteiger charge is -2.54. The van der Waals surface area contributed by atoms with Crippen LogP contribution in [0, 0.1) is 11.6 Å². The van der Waals surface area contributed by atoms with Crippen LogP contribution in [0.5, 0.6) is 0 Å². The Hall–Kier alpha value is -1.49. The predicted octanol–water partition coefficient (Wildman–Crippen LogP) is 6.48. The van der Waals surface area contributed by atoms with E-state index in [9.17, 15) is 13.9 Å². The lowest BCUT2D eigenvalue weighted by molar-refractivity contribution is -0.113. The molecule has 1 fully saturated rings. The van der Waals surface area contributed by atoms with E-state index in [2.05, 4.69) is 24.0 Å². The Bertz CT molecular complexity index is 804. The van der Waals surface area contributed by atoms with Gasteiger partial charge in [0.25, 0.3) is 0 Å². The van der Waals surface area contributed by atoms with E-state index in [4.69, 9.17) is 11.6 Å². The van der Waals surface area contributed by atoms with Crippen LogP contribution in [-0.2, 0) is 0 Å². The Kier molecular flexibility index (Phi) is 6.98. The molecule has 0 bridgehead atoms. The third-order valence-corrected chi connectivity index (χ3v) is 6.74. The second kappa shape index (κ2) is 9.11. The van der Waals surface area contributed by atoms with Crippen LogP contribution in [0.3, 0.4) is 0 Å². The number of aliphatic hydroxyl groups is 1. The first-order valence-electron chi connectivity index (χ1n) is 10.4. The minimum Gasteiger partial charge on any atom is -0.388 e. The molecule has 5 heteroatoms. The van der Waals surface area contributed by atoms with E-state index in [1.54, 1.807) is 6.92 Å². The van der Waals surface area contributed by atoms with Gasteiger partial charge in [-0.05, 0) is 55.2 Å². The van der Waals surface area contributed by atoms with E-state index in [0.717, 1.165) is 38.3 Å². The minimum atomic E-state index is -1.12. The van der Waals surface area contributed by atoms with Gasteiger partial charge in [0.15, 0.2) is 0 Å². The highest BCUT2D eigenvalue weighted by molar-refractivity contribution is 6.30. The van der Waals surface area contributed by atoms with Crippen LogP contribution in [0.15, 0.2) is 42.5 Å². The van der Waals surface area contributed by atoms with E-state index in [1.165, 1.54) is 17.7 Å². The fraction of sp³-hybridized carbons (Fsp3) is 0.500. The van der Waals surface area contributed by atoms with Crippen molar-refractivity contribution in [2.24, 2.45) is 0 Å². The van der Waals surface area contributed by atoms with Crippen molar-refractivity contribution in [1.29, 1.82) is 0 Å². The van der Waals surface area contributed by atoms with Crippen LogP contribution in [0.2, 0.25) is 5.02 Å². The number of hydrogen-bond acceptors (Lipinski definition) is 2. The number of rotatable bonds is 8. The Labute approximate surface area is 177 Å². The predicted molar refractivity (Wildman–Crippen MR) is 114 cm³/mol. The van der Waals surface area contributed by atoms with E-state index < -0.39 is 23.2 Å². The van der Waals surface area contributed by atoms with Gasteiger partial charge in [0.2, 0.25) is 0 Å². The number of benzene rings is 2. The van der Waals surface area contributed by atoms with Crippen molar-refractivity contribution in [3.05, 3.63) is 70.2 Å². The molecule has 0 aliphatic carbocycles. The summed E-state index contributed by atoms with van der Waals surface area (Å²) in [6, 6.07) is 11.5. The van der Waals surface area contributed by atoms with Gasteiger partial charge in [-0.1, -0.05) is 50.4 Å². The minimum absolute atomic E-state index is 0.0821. The molecule has 2 nitrogen and oxygen atoms in total. The molecule has 0 saturated carbocycles. The van der Waals surface area contributed by atoms with Gasteiger partial charge in [-0.3, -0.25) is 4.90 Å². The summed E-state index contributed by atoms with van der Waals surface area (Å²) in [4.78, 5) is 2.34. The molecule has 158 valence electrons. The third-order valence-electron chi connectivity index (χ3n) is 6.48. The maximum atomic E-state index is 13.7. The van der Waals surface area contributed by atoms with Crippen molar-refractivity contribution >= 4 is 11.6 Å². The number of hydrogen-bond donors (Lipinski definition) is 1. The molecule has 2 aromatic carbocycles. The van der Waals surface area contributed by atoms with Crippen LogP contribution in [0.1, 0.15) is 69.5 Å². The first kappa shape index (κ1) is 22.2. The normalized spacial score (nSPS) is 21.3. The summed E-state index contributed by atoms with van der Waals surface area (Å²) in [5.41, 5.74) is 0.554. The zero-order valence-corrected chi connectivity index (χ0v) is 18.1. The zero-order valence-electron chi connectivity index (χ0n) is 17.3. The molecule has 4 atom stereocenters. The number of halogens is 3. The molecule has 0 radical (unpaired) electrons. The second-order valence-electron chi connectivity index (χ2n) is 8.40. The number of nitrogens with zero attached hydrogens (tertiary/aromatic N) is 1. The standard InChI is InChI=1S/C24H30ClF2NO/c1-4-5-6-22(17-7-9-19(25)10-8-17)28-12-11-23(28)24(3,29)16(2)18-13-20(26)15-21(27)14-18/h7-10,13-16,22-23,29H,4-6,11-12H2,1-3H3. The molecule has 4 unspecified atom stereocenters. The van der Waals surface area contributed by atoms with Crippen molar-refractivity contribution in [1.82, 2.24) is 4.90 Å². The van der Waals surface area contributed by atoms with Crippen molar-refractivity contribution in [3.8, 4) is 0 Å². The Morgan fingerprint density at radius 3 is 2.28 bits per heavy atom. The van der Waals surface area contributed by atoms with Gasteiger partial charge in [0.1, 0.15) is 11.6 Å². The molecule has 0 amide bonds. The van der Waals surface area contributed by atoms with Crippen molar-refractivity contribution in [2.75, 3.05) is 6.54 Å². The quantitative estimate of drug-likeness (QED) is 0.527. The molecular weight excluding hydrogens is 392 g/mol. The van der Waals surface area contributed by atoms with Gasteiger partial charge in [0.05, 0.1) is 5.60 Å². The van der Waals surface area contributed by atoms with Crippen LogP contribution in [0.4, 0.5) is 8.78 Å².